The summed E-state index contributed by atoms with van der Waals surface area (Å²) in [6.07, 6.45) is 0. The van der Waals surface area contributed by atoms with Gasteiger partial charge in [0.2, 0.25) is 0 Å². The zero-order valence-corrected chi connectivity index (χ0v) is 8.76. The normalized spacial score (nSPS) is 10.3. The lowest BCUT2D eigenvalue weighted by molar-refractivity contribution is 0.572. The van der Waals surface area contributed by atoms with E-state index in [2.05, 4.69) is 31.9 Å². The summed E-state index contributed by atoms with van der Waals surface area (Å²) in [5, 5.41) is 0. The SMILES string of the molecule is Cc1c(Br)c(F)cc(F)c1Br. The predicted molar refractivity (Wildman–Crippen MR) is 46.5 cm³/mol. The highest BCUT2D eigenvalue weighted by molar-refractivity contribution is 9.11. The summed E-state index contributed by atoms with van der Waals surface area (Å²) in [5.74, 6) is -1.16. The van der Waals surface area contributed by atoms with Crippen molar-refractivity contribution in [2.75, 3.05) is 0 Å². The second-order valence-corrected chi connectivity index (χ2v) is 3.68. The number of hydrogen-bond donors (Lipinski definition) is 0. The Morgan fingerprint density at radius 1 is 1.09 bits per heavy atom. The Kier molecular flexibility index (Phi) is 2.65. The number of hydrogen-bond acceptors (Lipinski definition) is 0. The lowest BCUT2D eigenvalue weighted by atomic mass is 10.2. The van der Waals surface area contributed by atoms with Gasteiger partial charge in [0.25, 0.3) is 0 Å². The van der Waals surface area contributed by atoms with Crippen LogP contribution in [0.1, 0.15) is 5.56 Å². The summed E-state index contributed by atoms with van der Waals surface area (Å²) in [4.78, 5) is 0. The van der Waals surface area contributed by atoms with Crippen molar-refractivity contribution < 1.29 is 8.78 Å². The van der Waals surface area contributed by atoms with E-state index in [0.717, 1.165) is 6.07 Å². The minimum atomic E-state index is -0.580. The van der Waals surface area contributed by atoms with Crippen molar-refractivity contribution in [1.29, 1.82) is 0 Å². The number of halogens is 4. The average Bonchev–Trinajstić information content (AvgIpc) is 1.97. The summed E-state index contributed by atoms with van der Waals surface area (Å²) in [5.41, 5.74) is 0.530. The summed E-state index contributed by atoms with van der Waals surface area (Å²) >= 11 is 5.98. The fraction of sp³-hybridized carbons (Fsp3) is 0.143. The molecule has 0 aliphatic heterocycles. The van der Waals surface area contributed by atoms with Crippen molar-refractivity contribution in [3.8, 4) is 0 Å². The first-order chi connectivity index (χ1) is 5.04. The van der Waals surface area contributed by atoms with Crippen LogP contribution in [-0.4, -0.2) is 0 Å². The van der Waals surface area contributed by atoms with E-state index in [9.17, 15) is 8.78 Å². The maximum Gasteiger partial charge on any atom is 0.140 e. The molecule has 0 radical (unpaired) electrons. The molecule has 0 atom stereocenters. The monoisotopic (exact) mass is 284 g/mol. The Morgan fingerprint density at radius 2 is 1.45 bits per heavy atom. The molecule has 4 heteroatoms. The first-order valence-electron chi connectivity index (χ1n) is 2.83. The zero-order chi connectivity index (χ0) is 8.59. The maximum absolute atomic E-state index is 12.7. The van der Waals surface area contributed by atoms with Crippen molar-refractivity contribution in [2.24, 2.45) is 0 Å². The van der Waals surface area contributed by atoms with Gasteiger partial charge in [-0.15, -0.1) is 0 Å². The van der Waals surface area contributed by atoms with Gasteiger partial charge in [-0.1, -0.05) is 0 Å². The molecule has 60 valence electrons. The van der Waals surface area contributed by atoms with Gasteiger partial charge in [0.15, 0.2) is 0 Å². The van der Waals surface area contributed by atoms with E-state index >= 15 is 0 Å². The molecule has 0 N–H and O–H groups in total. The molecule has 0 nitrogen and oxygen atoms in total. The molecular formula is C7H4Br2F2. The Morgan fingerprint density at radius 3 is 1.82 bits per heavy atom. The topological polar surface area (TPSA) is 0 Å². The highest BCUT2D eigenvalue weighted by Gasteiger charge is 2.10. The molecule has 0 aliphatic rings. The van der Waals surface area contributed by atoms with Crippen LogP contribution in [0.2, 0.25) is 0 Å². The molecule has 0 heterocycles. The molecule has 0 aliphatic carbocycles. The summed E-state index contributed by atoms with van der Waals surface area (Å²) in [6.45, 7) is 1.63. The van der Waals surface area contributed by atoms with Gasteiger partial charge in [-0.3, -0.25) is 0 Å². The maximum atomic E-state index is 12.7. The van der Waals surface area contributed by atoms with Crippen LogP contribution in [0.15, 0.2) is 15.0 Å². The predicted octanol–water partition coefficient (Wildman–Crippen LogP) is 3.80. The zero-order valence-electron chi connectivity index (χ0n) is 5.59. The van der Waals surface area contributed by atoms with Crippen LogP contribution >= 0.6 is 31.9 Å². The number of rotatable bonds is 0. The Balaban J connectivity index is 3.46. The van der Waals surface area contributed by atoms with Gasteiger partial charge in [0.1, 0.15) is 11.6 Å². The Hall–Kier alpha value is 0.0400. The molecule has 0 fully saturated rings. The molecule has 11 heavy (non-hydrogen) atoms. The van der Waals surface area contributed by atoms with E-state index in [0.29, 0.717) is 14.5 Å². The average molecular weight is 286 g/mol. The molecule has 0 saturated carbocycles. The van der Waals surface area contributed by atoms with Crippen molar-refractivity contribution in [3.05, 3.63) is 32.2 Å². The second kappa shape index (κ2) is 3.19. The third-order valence-corrected chi connectivity index (χ3v) is 3.28. The fourth-order valence-electron chi connectivity index (χ4n) is 0.693. The highest BCUT2D eigenvalue weighted by Crippen LogP contribution is 2.29. The van der Waals surface area contributed by atoms with Gasteiger partial charge < -0.3 is 0 Å². The first kappa shape index (κ1) is 9.13. The van der Waals surface area contributed by atoms with E-state index in [-0.39, 0.29) is 0 Å². The van der Waals surface area contributed by atoms with Crippen LogP contribution in [0.4, 0.5) is 8.78 Å². The molecule has 0 saturated heterocycles. The molecule has 0 bridgehead atoms. The van der Waals surface area contributed by atoms with Crippen LogP contribution in [0, 0.1) is 18.6 Å². The van der Waals surface area contributed by atoms with Crippen molar-refractivity contribution in [2.45, 2.75) is 6.92 Å². The van der Waals surface area contributed by atoms with Crippen LogP contribution in [-0.2, 0) is 0 Å². The summed E-state index contributed by atoms with van der Waals surface area (Å²) in [6, 6.07) is 0.834. The molecule has 0 unspecified atom stereocenters. The van der Waals surface area contributed by atoms with E-state index in [1.807, 2.05) is 0 Å². The third kappa shape index (κ3) is 1.62. The molecule has 0 amide bonds. The standard InChI is InChI=1S/C7H4Br2F2/c1-3-6(8)4(10)2-5(11)7(3)9/h2H,1H3. The van der Waals surface area contributed by atoms with Crippen LogP contribution in [0.5, 0.6) is 0 Å². The molecule has 0 aromatic heterocycles. The van der Waals surface area contributed by atoms with E-state index in [4.69, 9.17) is 0 Å². The van der Waals surface area contributed by atoms with Gasteiger partial charge in [-0.2, -0.15) is 0 Å². The fourth-order valence-corrected chi connectivity index (χ4v) is 1.58. The first-order valence-corrected chi connectivity index (χ1v) is 4.42. The van der Waals surface area contributed by atoms with Gasteiger partial charge in [-0.05, 0) is 44.3 Å². The second-order valence-electron chi connectivity index (χ2n) is 2.09. The van der Waals surface area contributed by atoms with Gasteiger partial charge in [0.05, 0.1) is 8.95 Å². The van der Waals surface area contributed by atoms with E-state index in [1.165, 1.54) is 0 Å². The smallest absolute Gasteiger partial charge is 0.140 e. The summed E-state index contributed by atoms with van der Waals surface area (Å²) in [7, 11) is 0. The van der Waals surface area contributed by atoms with Gasteiger partial charge in [-0.25, -0.2) is 8.78 Å². The summed E-state index contributed by atoms with van der Waals surface area (Å²) < 4.78 is 26.0. The van der Waals surface area contributed by atoms with Gasteiger partial charge >= 0.3 is 0 Å². The lowest BCUT2D eigenvalue weighted by Crippen LogP contribution is -1.88. The van der Waals surface area contributed by atoms with Crippen molar-refractivity contribution in [3.63, 3.8) is 0 Å². The van der Waals surface area contributed by atoms with E-state index < -0.39 is 11.6 Å². The molecular weight excluding hydrogens is 282 g/mol. The van der Waals surface area contributed by atoms with Gasteiger partial charge in [0, 0.05) is 6.07 Å². The lowest BCUT2D eigenvalue weighted by Gasteiger charge is -2.02. The number of benzene rings is 1. The minimum Gasteiger partial charge on any atom is -0.206 e. The van der Waals surface area contributed by atoms with Crippen LogP contribution < -0.4 is 0 Å². The quantitative estimate of drug-likeness (QED) is 0.636. The Labute approximate surface area is 79.9 Å². The van der Waals surface area contributed by atoms with Crippen LogP contribution in [0.25, 0.3) is 0 Å². The largest absolute Gasteiger partial charge is 0.206 e. The molecule has 1 aromatic rings. The third-order valence-electron chi connectivity index (χ3n) is 1.33. The van der Waals surface area contributed by atoms with E-state index in [1.54, 1.807) is 6.92 Å². The Bertz CT molecular complexity index is 271. The highest BCUT2D eigenvalue weighted by atomic mass is 79.9. The molecule has 1 aromatic carbocycles. The minimum absolute atomic E-state index is 0.297. The molecule has 0 spiro atoms. The molecule has 1 rings (SSSR count). The van der Waals surface area contributed by atoms with Crippen molar-refractivity contribution in [1.82, 2.24) is 0 Å². The van der Waals surface area contributed by atoms with Crippen LogP contribution in [0.3, 0.4) is 0 Å². The van der Waals surface area contributed by atoms with Crippen molar-refractivity contribution >= 4 is 31.9 Å².